The molecule has 1 fully saturated rings. The third-order valence-electron chi connectivity index (χ3n) is 4.08. The van der Waals surface area contributed by atoms with E-state index in [2.05, 4.69) is 5.32 Å². The smallest absolute Gasteiger partial charge is 0.266 e. The lowest BCUT2D eigenvalue weighted by Gasteiger charge is -2.14. The summed E-state index contributed by atoms with van der Waals surface area (Å²) in [5.41, 5.74) is 0.963. The highest BCUT2D eigenvalue weighted by molar-refractivity contribution is 8.26. The predicted molar refractivity (Wildman–Crippen MR) is 117 cm³/mol. The lowest BCUT2D eigenvalue weighted by atomic mass is 10.2. The van der Waals surface area contributed by atoms with Gasteiger partial charge in [0.15, 0.2) is 0 Å². The summed E-state index contributed by atoms with van der Waals surface area (Å²) in [6.07, 6.45) is 1.57. The molecule has 0 radical (unpaired) electrons. The lowest BCUT2D eigenvalue weighted by molar-refractivity contribution is -0.122. The van der Waals surface area contributed by atoms with Crippen LogP contribution in [0, 0.1) is 5.82 Å². The zero-order valence-corrected chi connectivity index (χ0v) is 17.3. The molecular weight excluding hydrogens is 411 g/mol. The first-order valence-electron chi connectivity index (χ1n) is 9.00. The van der Waals surface area contributed by atoms with Gasteiger partial charge in [0.05, 0.1) is 11.5 Å². The number of nitrogens with zero attached hydrogens (tertiary/aromatic N) is 1. The van der Waals surface area contributed by atoms with Crippen molar-refractivity contribution in [3.63, 3.8) is 0 Å². The van der Waals surface area contributed by atoms with Gasteiger partial charge in [0.25, 0.3) is 5.91 Å². The normalized spacial score (nSPS) is 15.1. The average Bonchev–Trinajstić information content (AvgIpc) is 2.96. The largest absolute Gasteiger partial charge is 0.494 e. The van der Waals surface area contributed by atoms with Crippen LogP contribution in [0.4, 0.5) is 10.1 Å². The molecule has 0 atom stereocenters. The van der Waals surface area contributed by atoms with Crippen molar-refractivity contribution >= 4 is 51.9 Å². The maximum atomic E-state index is 13.8. The summed E-state index contributed by atoms with van der Waals surface area (Å²) < 4.78 is 19.5. The standard InChI is InChI=1S/C21H19FN2O3S2/c1-2-27-16-9-7-15(8-10-16)23-19(25)11-12-24-20(26)18(29-21(24)28)13-14-5-3-4-6-17(14)22/h3-10,13H,2,11-12H2,1H3,(H,23,25). The number of hydrogen-bond donors (Lipinski definition) is 1. The molecule has 1 N–H and O–H groups in total. The fraction of sp³-hybridized carbons (Fsp3) is 0.190. The van der Waals surface area contributed by atoms with E-state index in [0.717, 1.165) is 17.5 Å². The number of rotatable bonds is 7. The van der Waals surface area contributed by atoms with E-state index in [9.17, 15) is 14.0 Å². The van der Waals surface area contributed by atoms with Crippen LogP contribution in [0.1, 0.15) is 18.9 Å². The van der Waals surface area contributed by atoms with Gasteiger partial charge in [-0.3, -0.25) is 14.5 Å². The van der Waals surface area contributed by atoms with Gasteiger partial charge >= 0.3 is 0 Å². The quantitative estimate of drug-likeness (QED) is 0.519. The molecule has 0 aliphatic carbocycles. The number of carbonyl (C=O) groups is 2. The number of ether oxygens (including phenoxy) is 1. The summed E-state index contributed by atoms with van der Waals surface area (Å²) in [6.45, 7) is 2.62. The molecule has 1 heterocycles. The average molecular weight is 431 g/mol. The van der Waals surface area contributed by atoms with E-state index in [1.165, 1.54) is 17.0 Å². The van der Waals surface area contributed by atoms with Gasteiger partial charge < -0.3 is 10.1 Å². The number of anilines is 1. The number of thiocarbonyl (C=S) groups is 1. The Balaban J connectivity index is 1.57. The second-order valence-electron chi connectivity index (χ2n) is 6.11. The van der Waals surface area contributed by atoms with Crippen LogP contribution < -0.4 is 10.1 Å². The van der Waals surface area contributed by atoms with Gasteiger partial charge in [0, 0.05) is 24.2 Å². The molecule has 1 aliphatic heterocycles. The molecule has 8 heteroatoms. The van der Waals surface area contributed by atoms with Gasteiger partial charge in [0.1, 0.15) is 15.9 Å². The Hall–Kier alpha value is -2.71. The Morgan fingerprint density at radius 2 is 1.97 bits per heavy atom. The van der Waals surface area contributed by atoms with E-state index < -0.39 is 5.82 Å². The number of halogens is 1. The van der Waals surface area contributed by atoms with Gasteiger partial charge in [0.2, 0.25) is 5.91 Å². The highest BCUT2D eigenvalue weighted by Crippen LogP contribution is 2.33. The van der Waals surface area contributed by atoms with Gasteiger partial charge in [-0.15, -0.1) is 0 Å². The van der Waals surface area contributed by atoms with E-state index in [1.54, 1.807) is 42.5 Å². The van der Waals surface area contributed by atoms with Crippen LogP contribution in [0.2, 0.25) is 0 Å². The monoisotopic (exact) mass is 430 g/mol. The fourth-order valence-electron chi connectivity index (χ4n) is 2.66. The summed E-state index contributed by atoms with van der Waals surface area (Å²) >= 11 is 6.36. The van der Waals surface area contributed by atoms with Crippen LogP contribution >= 0.6 is 24.0 Å². The molecule has 0 bridgehead atoms. The number of carbonyl (C=O) groups excluding carboxylic acids is 2. The number of nitrogens with one attached hydrogen (secondary N) is 1. The molecule has 2 aromatic rings. The van der Waals surface area contributed by atoms with Gasteiger partial charge in [-0.25, -0.2) is 4.39 Å². The molecule has 0 aromatic heterocycles. The van der Waals surface area contributed by atoms with Gasteiger partial charge in [-0.2, -0.15) is 0 Å². The van der Waals surface area contributed by atoms with Gasteiger partial charge in [-0.05, 0) is 43.3 Å². The second kappa shape index (κ2) is 9.67. The molecule has 0 unspecified atom stereocenters. The molecular formula is C21H19FN2O3S2. The van der Waals surface area contributed by atoms with E-state index in [4.69, 9.17) is 17.0 Å². The molecule has 29 heavy (non-hydrogen) atoms. The SMILES string of the molecule is CCOc1ccc(NC(=O)CCN2C(=O)C(=Cc3ccccc3F)SC2=S)cc1. The zero-order valence-electron chi connectivity index (χ0n) is 15.7. The highest BCUT2D eigenvalue weighted by Gasteiger charge is 2.32. The van der Waals surface area contributed by atoms with E-state index >= 15 is 0 Å². The van der Waals surface area contributed by atoms with Crippen molar-refractivity contribution < 1.29 is 18.7 Å². The first-order chi connectivity index (χ1) is 14.0. The molecule has 2 amide bonds. The minimum atomic E-state index is -0.410. The number of hydrogen-bond acceptors (Lipinski definition) is 5. The summed E-state index contributed by atoms with van der Waals surface area (Å²) in [5.74, 6) is -0.240. The van der Waals surface area contributed by atoms with Crippen LogP contribution in [0.5, 0.6) is 5.75 Å². The molecule has 2 aromatic carbocycles. The van der Waals surface area contributed by atoms with Crippen molar-refractivity contribution in [3.05, 3.63) is 64.8 Å². The van der Waals surface area contributed by atoms with Crippen molar-refractivity contribution in [1.82, 2.24) is 4.90 Å². The van der Waals surface area contributed by atoms with Crippen LogP contribution in [0.25, 0.3) is 6.08 Å². The van der Waals surface area contributed by atoms with Crippen molar-refractivity contribution in [2.45, 2.75) is 13.3 Å². The van der Waals surface area contributed by atoms with Crippen LogP contribution in [0.15, 0.2) is 53.4 Å². The van der Waals surface area contributed by atoms with Crippen LogP contribution in [-0.2, 0) is 9.59 Å². The number of amides is 2. The highest BCUT2D eigenvalue weighted by atomic mass is 32.2. The minimum absolute atomic E-state index is 0.0899. The Kier molecular flexibility index (Phi) is 7.00. The van der Waals surface area contributed by atoms with E-state index in [0.29, 0.717) is 27.1 Å². The molecule has 5 nitrogen and oxygen atoms in total. The van der Waals surface area contributed by atoms with Crippen LogP contribution in [-0.4, -0.2) is 34.2 Å². The molecule has 3 rings (SSSR count). The van der Waals surface area contributed by atoms with Gasteiger partial charge in [-0.1, -0.05) is 42.2 Å². The Morgan fingerprint density at radius 1 is 1.24 bits per heavy atom. The third-order valence-corrected chi connectivity index (χ3v) is 5.45. The van der Waals surface area contributed by atoms with Crippen molar-refractivity contribution in [1.29, 1.82) is 0 Å². The topological polar surface area (TPSA) is 58.6 Å². The fourth-order valence-corrected chi connectivity index (χ4v) is 3.96. The van der Waals surface area contributed by atoms with Crippen molar-refractivity contribution in [2.75, 3.05) is 18.5 Å². The van der Waals surface area contributed by atoms with Crippen molar-refractivity contribution in [2.24, 2.45) is 0 Å². The molecule has 150 valence electrons. The summed E-state index contributed by atoms with van der Waals surface area (Å²) in [4.78, 5) is 26.5. The minimum Gasteiger partial charge on any atom is -0.494 e. The Morgan fingerprint density at radius 3 is 2.66 bits per heavy atom. The first kappa shape index (κ1) is 21.0. The number of thioether (sulfide) groups is 1. The first-order valence-corrected chi connectivity index (χ1v) is 10.2. The molecule has 1 saturated heterocycles. The Labute approximate surface area is 177 Å². The summed E-state index contributed by atoms with van der Waals surface area (Å²) in [7, 11) is 0. The summed E-state index contributed by atoms with van der Waals surface area (Å²) in [5, 5.41) is 2.78. The van der Waals surface area contributed by atoms with E-state index in [-0.39, 0.29) is 24.8 Å². The summed E-state index contributed by atoms with van der Waals surface area (Å²) in [6, 6.07) is 13.2. The van der Waals surface area contributed by atoms with Crippen LogP contribution in [0.3, 0.4) is 0 Å². The van der Waals surface area contributed by atoms with E-state index in [1.807, 2.05) is 6.92 Å². The maximum Gasteiger partial charge on any atom is 0.266 e. The predicted octanol–water partition coefficient (Wildman–Crippen LogP) is 4.45. The Bertz CT molecular complexity index is 961. The maximum absolute atomic E-state index is 13.8. The molecule has 1 aliphatic rings. The second-order valence-corrected chi connectivity index (χ2v) is 7.79. The zero-order chi connectivity index (χ0) is 20.8. The van der Waals surface area contributed by atoms with Crippen molar-refractivity contribution in [3.8, 4) is 5.75 Å². The molecule has 0 saturated carbocycles. The third kappa shape index (κ3) is 5.42. The lowest BCUT2D eigenvalue weighted by Crippen LogP contribution is -2.31. The number of benzene rings is 2. The molecule has 0 spiro atoms.